The number of fused-ring (bicyclic) bond motifs is 1. The summed E-state index contributed by atoms with van der Waals surface area (Å²) in [4.78, 5) is 15.5. The van der Waals surface area contributed by atoms with Crippen molar-refractivity contribution in [3.8, 4) is 5.75 Å². The summed E-state index contributed by atoms with van der Waals surface area (Å²) in [6.45, 7) is 4.04. The van der Waals surface area contributed by atoms with Crippen LogP contribution >= 0.6 is 0 Å². The van der Waals surface area contributed by atoms with Crippen LogP contribution in [0.1, 0.15) is 26.0 Å². The first-order chi connectivity index (χ1) is 9.69. The van der Waals surface area contributed by atoms with E-state index in [1.54, 1.807) is 25.3 Å². The lowest BCUT2D eigenvalue weighted by Crippen LogP contribution is -2.04. The summed E-state index contributed by atoms with van der Waals surface area (Å²) >= 11 is 0. The lowest BCUT2D eigenvalue weighted by molar-refractivity contribution is 0.415. The summed E-state index contributed by atoms with van der Waals surface area (Å²) in [6.07, 6.45) is 6.98. The number of aromatic nitrogens is 1. The molecule has 1 heterocycles. The molecule has 1 aromatic heterocycles. The van der Waals surface area contributed by atoms with Crippen molar-refractivity contribution in [2.75, 3.05) is 7.11 Å². The Morgan fingerprint density at radius 1 is 1.35 bits per heavy atom. The predicted octanol–water partition coefficient (Wildman–Crippen LogP) is 3.91. The van der Waals surface area contributed by atoms with Gasteiger partial charge in [-0.2, -0.15) is 0 Å². The molecule has 0 aliphatic rings. The van der Waals surface area contributed by atoms with E-state index in [1.807, 2.05) is 25.1 Å². The van der Waals surface area contributed by atoms with Gasteiger partial charge in [-0.15, -0.1) is 0 Å². The van der Waals surface area contributed by atoms with Gasteiger partial charge in [0.15, 0.2) is 5.43 Å². The smallest absolute Gasteiger partial charge is 0.190 e. The molecule has 0 bridgehead atoms. The zero-order chi connectivity index (χ0) is 14.5. The molecule has 20 heavy (non-hydrogen) atoms. The standard InChI is InChI=1S/C17H19NO2/c1-4-6-12(7-5-2)15-11-17(19)14-9-8-13(20-3)10-16(14)18-15/h4,6-11H,5H2,1-3H3,(H,18,19)/b6-4-,12-7+. The monoisotopic (exact) mass is 269 g/mol. The van der Waals surface area contributed by atoms with E-state index in [-0.39, 0.29) is 5.43 Å². The first-order valence-electron chi connectivity index (χ1n) is 6.74. The number of methoxy groups -OCH3 is 1. The molecule has 3 nitrogen and oxygen atoms in total. The van der Waals surface area contributed by atoms with E-state index in [0.717, 1.165) is 29.0 Å². The number of hydrogen-bond acceptors (Lipinski definition) is 2. The molecule has 3 heteroatoms. The van der Waals surface area contributed by atoms with Gasteiger partial charge in [-0.25, -0.2) is 0 Å². The molecule has 0 radical (unpaired) electrons. The molecule has 0 aliphatic heterocycles. The molecule has 0 fully saturated rings. The maximum atomic E-state index is 12.2. The van der Waals surface area contributed by atoms with Crippen molar-refractivity contribution in [2.24, 2.45) is 0 Å². The predicted molar refractivity (Wildman–Crippen MR) is 84.2 cm³/mol. The Labute approximate surface area is 118 Å². The summed E-state index contributed by atoms with van der Waals surface area (Å²) in [5.74, 6) is 0.734. The second-order valence-corrected chi connectivity index (χ2v) is 4.53. The number of rotatable bonds is 4. The molecular weight excluding hydrogens is 250 g/mol. The number of allylic oxidation sites excluding steroid dienone is 4. The fourth-order valence-electron chi connectivity index (χ4n) is 2.18. The molecule has 2 aromatic rings. The third-order valence-corrected chi connectivity index (χ3v) is 3.12. The normalized spacial score (nSPS) is 12.2. The number of hydrogen-bond donors (Lipinski definition) is 1. The molecule has 0 amide bonds. The van der Waals surface area contributed by atoms with Gasteiger partial charge < -0.3 is 9.72 Å². The van der Waals surface area contributed by atoms with Crippen molar-refractivity contribution in [1.82, 2.24) is 4.98 Å². The number of pyridine rings is 1. The van der Waals surface area contributed by atoms with Gasteiger partial charge in [0.25, 0.3) is 0 Å². The Bertz CT molecular complexity index is 723. The number of aromatic amines is 1. The van der Waals surface area contributed by atoms with Crippen molar-refractivity contribution in [3.05, 3.63) is 58.4 Å². The van der Waals surface area contributed by atoms with Crippen molar-refractivity contribution in [1.29, 1.82) is 0 Å². The Morgan fingerprint density at radius 3 is 2.80 bits per heavy atom. The van der Waals surface area contributed by atoms with Crippen LogP contribution in [0.3, 0.4) is 0 Å². The van der Waals surface area contributed by atoms with Gasteiger partial charge >= 0.3 is 0 Å². The molecule has 0 saturated heterocycles. The highest BCUT2D eigenvalue weighted by molar-refractivity contribution is 5.83. The zero-order valence-corrected chi connectivity index (χ0v) is 12.1. The highest BCUT2D eigenvalue weighted by Crippen LogP contribution is 2.20. The Morgan fingerprint density at radius 2 is 2.15 bits per heavy atom. The van der Waals surface area contributed by atoms with Crippen LogP contribution in [-0.4, -0.2) is 12.1 Å². The number of H-pyrrole nitrogens is 1. The van der Waals surface area contributed by atoms with Gasteiger partial charge in [-0.3, -0.25) is 4.79 Å². The van der Waals surface area contributed by atoms with Crippen LogP contribution in [0.5, 0.6) is 5.75 Å². The van der Waals surface area contributed by atoms with Gasteiger partial charge in [0.1, 0.15) is 5.75 Å². The van der Waals surface area contributed by atoms with E-state index in [0.29, 0.717) is 5.39 Å². The summed E-state index contributed by atoms with van der Waals surface area (Å²) in [5.41, 5.74) is 2.66. The Hall–Kier alpha value is -2.29. The molecule has 0 atom stereocenters. The third kappa shape index (κ3) is 2.82. The quantitative estimate of drug-likeness (QED) is 0.855. The van der Waals surface area contributed by atoms with Crippen LogP contribution in [0, 0.1) is 0 Å². The lowest BCUT2D eigenvalue weighted by atomic mass is 10.1. The molecule has 0 spiro atoms. The van der Waals surface area contributed by atoms with Crippen molar-refractivity contribution >= 4 is 16.5 Å². The van der Waals surface area contributed by atoms with E-state index >= 15 is 0 Å². The Balaban J connectivity index is 2.66. The van der Waals surface area contributed by atoms with Crippen LogP contribution in [0.2, 0.25) is 0 Å². The minimum absolute atomic E-state index is 0.0166. The fraction of sp³-hybridized carbons (Fsp3) is 0.235. The second-order valence-electron chi connectivity index (χ2n) is 4.53. The zero-order valence-electron chi connectivity index (χ0n) is 12.1. The average Bonchev–Trinajstić information content (AvgIpc) is 2.46. The van der Waals surface area contributed by atoms with E-state index in [1.165, 1.54) is 0 Å². The van der Waals surface area contributed by atoms with Crippen LogP contribution in [0.4, 0.5) is 0 Å². The lowest BCUT2D eigenvalue weighted by Gasteiger charge is -2.07. The van der Waals surface area contributed by atoms with Gasteiger partial charge in [-0.1, -0.05) is 25.2 Å². The van der Waals surface area contributed by atoms with Gasteiger partial charge in [0, 0.05) is 23.2 Å². The molecule has 0 saturated carbocycles. The van der Waals surface area contributed by atoms with Gasteiger partial charge in [0.2, 0.25) is 0 Å². The highest BCUT2D eigenvalue weighted by Gasteiger charge is 2.05. The van der Waals surface area contributed by atoms with E-state index in [4.69, 9.17) is 4.74 Å². The van der Waals surface area contributed by atoms with Crippen LogP contribution in [0.15, 0.2) is 47.3 Å². The van der Waals surface area contributed by atoms with Crippen molar-refractivity contribution in [3.63, 3.8) is 0 Å². The van der Waals surface area contributed by atoms with E-state index in [9.17, 15) is 4.79 Å². The summed E-state index contributed by atoms with van der Waals surface area (Å²) in [7, 11) is 1.62. The summed E-state index contributed by atoms with van der Waals surface area (Å²) in [6, 6.07) is 7.08. The first kappa shape index (κ1) is 14.1. The van der Waals surface area contributed by atoms with Crippen LogP contribution in [-0.2, 0) is 0 Å². The highest BCUT2D eigenvalue weighted by atomic mass is 16.5. The van der Waals surface area contributed by atoms with Crippen LogP contribution < -0.4 is 10.2 Å². The summed E-state index contributed by atoms with van der Waals surface area (Å²) < 4.78 is 5.21. The minimum atomic E-state index is 0.0166. The fourth-order valence-corrected chi connectivity index (χ4v) is 2.18. The maximum absolute atomic E-state index is 12.2. The number of benzene rings is 1. The molecule has 104 valence electrons. The largest absolute Gasteiger partial charge is 0.497 e. The topological polar surface area (TPSA) is 42.1 Å². The van der Waals surface area contributed by atoms with Gasteiger partial charge in [0.05, 0.1) is 12.6 Å². The summed E-state index contributed by atoms with van der Waals surface area (Å²) in [5, 5.41) is 0.672. The molecule has 0 aliphatic carbocycles. The van der Waals surface area contributed by atoms with E-state index in [2.05, 4.69) is 18.0 Å². The van der Waals surface area contributed by atoms with Gasteiger partial charge in [-0.05, 0) is 31.1 Å². The molecule has 0 unspecified atom stereocenters. The SMILES string of the molecule is C/C=C\C(=C/CC)c1cc(=O)c2ccc(OC)cc2[nH]1. The average molecular weight is 269 g/mol. The Kier molecular flexibility index (Phi) is 4.41. The third-order valence-electron chi connectivity index (χ3n) is 3.12. The second kappa shape index (κ2) is 6.24. The first-order valence-corrected chi connectivity index (χ1v) is 6.74. The molecule has 2 rings (SSSR count). The van der Waals surface area contributed by atoms with Crippen LogP contribution in [0.25, 0.3) is 16.5 Å². The number of nitrogens with one attached hydrogen (secondary N) is 1. The molecule has 1 N–H and O–H groups in total. The molecular formula is C17H19NO2. The maximum Gasteiger partial charge on any atom is 0.190 e. The van der Waals surface area contributed by atoms with Crippen molar-refractivity contribution in [2.45, 2.75) is 20.3 Å². The van der Waals surface area contributed by atoms with Crippen molar-refractivity contribution < 1.29 is 4.74 Å². The number of ether oxygens (including phenoxy) is 1. The minimum Gasteiger partial charge on any atom is -0.497 e. The van der Waals surface area contributed by atoms with E-state index < -0.39 is 0 Å². The molecule has 1 aromatic carbocycles.